The van der Waals surface area contributed by atoms with Crippen molar-refractivity contribution in [2.45, 2.75) is 17.8 Å². The van der Waals surface area contributed by atoms with Crippen LogP contribution in [0.25, 0.3) is 0 Å². The van der Waals surface area contributed by atoms with Crippen molar-refractivity contribution in [2.75, 3.05) is 18.9 Å². The summed E-state index contributed by atoms with van der Waals surface area (Å²) in [7, 11) is -2.42. The highest BCUT2D eigenvalue weighted by Crippen LogP contribution is 2.28. The minimum Gasteiger partial charge on any atom is -0.320 e. The molecule has 1 aromatic heterocycles. The molecule has 0 aromatic carbocycles. The van der Waals surface area contributed by atoms with Gasteiger partial charge in [0.25, 0.3) is 0 Å². The Morgan fingerprint density at radius 2 is 2.20 bits per heavy atom. The third-order valence-corrected chi connectivity index (χ3v) is 5.14. The number of sulfonamides is 1. The van der Waals surface area contributed by atoms with Crippen LogP contribution >= 0.6 is 0 Å². The molecule has 2 heterocycles. The van der Waals surface area contributed by atoms with Gasteiger partial charge in [-0.25, -0.2) is 17.7 Å². The van der Waals surface area contributed by atoms with Crippen LogP contribution in [0.3, 0.4) is 0 Å². The summed E-state index contributed by atoms with van der Waals surface area (Å²) >= 11 is 0. The Bertz CT molecular complexity index is 625. The van der Waals surface area contributed by atoms with Crippen molar-refractivity contribution in [1.82, 2.24) is 14.3 Å². The largest absolute Gasteiger partial charge is 0.432 e. The van der Waals surface area contributed by atoms with Gasteiger partial charge in [0.05, 0.1) is 6.20 Å². The van der Waals surface area contributed by atoms with Crippen LogP contribution in [-0.4, -0.2) is 47.4 Å². The van der Waals surface area contributed by atoms with Crippen LogP contribution in [0.4, 0.5) is 19.1 Å². The molecule has 0 aliphatic carbocycles. The maximum Gasteiger partial charge on any atom is 0.432 e. The number of imidazole rings is 1. The van der Waals surface area contributed by atoms with E-state index in [1.807, 2.05) is 10.3 Å². The molecule has 112 valence electrons. The van der Waals surface area contributed by atoms with E-state index in [0.29, 0.717) is 6.20 Å². The van der Waals surface area contributed by atoms with Gasteiger partial charge in [0, 0.05) is 13.6 Å². The van der Waals surface area contributed by atoms with E-state index in [0.717, 1.165) is 4.31 Å². The van der Waals surface area contributed by atoms with E-state index in [-0.39, 0.29) is 13.0 Å². The van der Waals surface area contributed by atoms with Gasteiger partial charge >= 0.3 is 6.18 Å². The Hall–Kier alpha value is -1.62. The van der Waals surface area contributed by atoms with Crippen LogP contribution in [0.2, 0.25) is 0 Å². The number of nitrogens with zero attached hydrogens (tertiary/aromatic N) is 2. The molecule has 2 rings (SSSR count). The molecule has 7 nitrogen and oxygen atoms in total. The lowest BCUT2D eigenvalue weighted by Gasteiger charge is -2.11. The van der Waals surface area contributed by atoms with E-state index in [9.17, 15) is 26.4 Å². The van der Waals surface area contributed by atoms with Gasteiger partial charge in [0.2, 0.25) is 21.9 Å². The van der Waals surface area contributed by atoms with Gasteiger partial charge in [-0.1, -0.05) is 0 Å². The number of H-pyrrole nitrogens is 1. The second-order valence-corrected chi connectivity index (χ2v) is 6.50. The number of aromatic amines is 1. The van der Waals surface area contributed by atoms with E-state index < -0.39 is 39.0 Å². The number of aromatic nitrogens is 2. The molecule has 1 atom stereocenters. The fourth-order valence-electron chi connectivity index (χ4n) is 1.78. The van der Waals surface area contributed by atoms with Crippen molar-refractivity contribution in [3.8, 4) is 0 Å². The minimum absolute atomic E-state index is 0.0809. The fraction of sp³-hybridized carbons (Fsp3) is 0.556. The highest BCUT2D eigenvalue weighted by molar-refractivity contribution is 7.90. The molecule has 1 aliphatic rings. The number of halogens is 3. The summed E-state index contributed by atoms with van der Waals surface area (Å²) in [5, 5.41) is 0.728. The third kappa shape index (κ3) is 2.63. The van der Waals surface area contributed by atoms with Crippen molar-refractivity contribution in [1.29, 1.82) is 0 Å². The average Bonchev–Trinajstić information content (AvgIpc) is 2.85. The minimum atomic E-state index is -4.62. The zero-order chi connectivity index (χ0) is 15.1. The molecule has 1 amide bonds. The average molecular weight is 312 g/mol. The van der Waals surface area contributed by atoms with E-state index in [1.165, 1.54) is 7.05 Å². The van der Waals surface area contributed by atoms with Gasteiger partial charge in [-0.05, 0) is 6.42 Å². The number of anilines is 1. The van der Waals surface area contributed by atoms with Crippen molar-refractivity contribution >= 4 is 21.9 Å². The van der Waals surface area contributed by atoms with Gasteiger partial charge in [-0.15, -0.1) is 0 Å². The predicted octanol–water partition coefficient (Wildman–Crippen LogP) is 0.401. The molecule has 0 saturated carbocycles. The summed E-state index contributed by atoms with van der Waals surface area (Å²) in [6.07, 6.45) is -4.02. The van der Waals surface area contributed by atoms with Gasteiger partial charge in [-0.2, -0.15) is 13.2 Å². The van der Waals surface area contributed by atoms with Gasteiger partial charge in [-0.3, -0.25) is 10.1 Å². The molecular weight excluding hydrogens is 301 g/mol. The topological polar surface area (TPSA) is 95.2 Å². The molecule has 1 fully saturated rings. The first-order valence-corrected chi connectivity index (χ1v) is 7.01. The summed E-state index contributed by atoms with van der Waals surface area (Å²) in [5.74, 6) is -1.34. The van der Waals surface area contributed by atoms with Crippen LogP contribution in [0.15, 0.2) is 6.20 Å². The van der Waals surface area contributed by atoms with Gasteiger partial charge in [0.15, 0.2) is 5.25 Å². The Labute approximate surface area is 112 Å². The van der Waals surface area contributed by atoms with Crippen LogP contribution in [0.5, 0.6) is 0 Å². The number of carbonyl (C=O) groups is 1. The second kappa shape index (κ2) is 4.74. The predicted molar refractivity (Wildman–Crippen MR) is 62.2 cm³/mol. The molecule has 2 N–H and O–H groups in total. The Morgan fingerprint density at radius 1 is 1.55 bits per heavy atom. The fourth-order valence-corrected chi connectivity index (χ4v) is 3.31. The standard InChI is InChI=1S/C9H11F3N4O3S/c1-16-3-2-5(20(16,18)19)7(17)15-8-13-4-6(14-8)9(10,11)12/h4-5H,2-3H2,1H3,(H2,13,14,15,17). The third-order valence-electron chi connectivity index (χ3n) is 2.92. The number of rotatable bonds is 2. The molecule has 0 radical (unpaired) electrons. The first-order chi connectivity index (χ1) is 9.12. The first-order valence-electron chi connectivity index (χ1n) is 5.50. The molecule has 0 spiro atoms. The first kappa shape index (κ1) is 14.8. The monoisotopic (exact) mass is 312 g/mol. The Balaban J connectivity index is 2.11. The number of carbonyl (C=O) groups excluding carboxylic acids is 1. The van der Waals surface area contributed by atoms with Crippen LogP contribution in [-0.2, 0) is 21.0 Å². The second-order valence-electron chi connectivity index (χ2n) is 4.28. The highest BCUT2D eigenvalue weighted by atomic mass is 32.2. The van der Waals surface area contributed by atoms with Crippen LogP contribution < -0.4 is 5.32 Å². The normalized spacial score (nSPS) is 22.9. The van der Waals surface area contributed by atoms with Crippen molar-refractivity contribution in [2.24, 2.45) is 0 Å². The van der Waals surface area contributed by atoms with E-state index in [2.05, 4.69) is 4.98 Å². The maximum atomic E-state index is 12.3. The van der Waals surface area contributed by atoms with Gasteiger partial charge in [0.1, 0.15) is 5.69 Å². The molecule has 1 unspecified atom stereocenters. The Kier molecular flexibility index (Phi) is 3.50. The number of nitrogens with one attached hydrogen (secondary N) is 2. The van der Waals surface area contributed by atoms with Crippen LogP contribution in [0, 0.1) is 0 Å². The number of amides is 1. The number of hydrogen-bond donors (Lipinski definition) is 2. The number of alkyl halides is 3. The van der Waals surface area contributed by atoms with Crippen molar-refractivity contribution in [3.05, 3.63) is 11.9 Å². The van der Waals surface area contributed by atoms with Crippen molar-refractivity contribution in [3.63, 3.8) is 0 Å². The lowest BCUT2D eigenvalue weighted by atomic mass is 10.3. The van der Waals surface area contributed by atoms with Gasteiger partial charge < -0.3 is 4.98 Å². The quantitative estimate of drug-likeness (QED) is 0.826. The highest BCUT2D eigenvalue weighted by Gasteiger charge is 2.42. The molecule has 20 heavy (non-hydrogen) atoms. The summed E-state index contributed by atoms with van der Waals surface area (Å²) < 4.78 is 61.5. The van der Waals surface area contributed by atoms with E-state index in [4.69, 9.17) is 0 Å². The molecule has 1 aliphatic heterocycles. The van der Waals surface area contributed by atoms with Crippen LogP contribution in [0.1, 0.15) is 12.1 Å². The Morgan fingerprint density at radius 3 is 2.65 bits per heavy atom. The van der Waals surface area contributed by atoms with E-state index >= 15 is 0 Å². The lowest BCUT2D eigenvalue weighted by molar-refractivity contribution is -0.140. The molecule has 0 bridgehead atoms. The summed E-state index contributed by atoms with van der Waals surface area (Å²) in [4.78, 5) is 17.0. The molecule has 1 aromatic rings. The van der Waals surface area contributed by atoms with Crippen molar-refractivity contribution < 1.29 is 26.4 Å². The summed E-state index contributed by atoms with van der Waals surface area (Å²) in [6.45, 7) is 0.187. The zero-order valence-electron chi connectivity index (χ0n) is 10.2. The van der Waals surface area contributed by atoms with E-state index in [1.54, 1.807) is 0 Å². The SMILES string of the molecule is CN1CCC(C(=O)Nc2ncc(C(F)(F)F)[nH]2)S1(=O)=O. The smallest absolute Gasteiger partial charge is 0.320 e. The zero-order valence-corrected chi connectivity index (χ0v) is 11.0. The summed E-state index contributed by atoms with van der Waals surface area (Å²) in [6, 6.07) is 0. The summed E-state index contributed by atoms with van der Waals surface area (Å²) in [5.41, 5.74) is -1.13. The lowest BCUT2D eigenvalue weighted by Crippen LogP contribution is -2.35. The molecular formula is C9H11F3N4O3S. The molecule has 1 saturated heterocycles. The maximum absolute atomic E-state index is 12.3. The molecule has 11 heteroatoms. The number of hydrogen-bond acceptors (Lipinski definition) is 4.